The van der Waals surface area contributed by atoms with Crippen molar-refractivity contribution in [1.82, 2.24) is 4.90 Å². The first kappa shape index (κ1) is 15.1. The van der Waals surface area contributed by atoms with Gasteiger partial charge in [-0.3, -0.25) is 4.79 Å². The fourth-order valence-corrected chi connectivity index (χ4v) is 3.28. The zero-order valence-corrected chi connectivity index (χ0v) is 12.8. The van der Waals surface area contributed by atoms with Crippen LogP contribution in [0.2, 0.25) is 0 Å². The minimum Gasteiger partial charge on any atom is -0.466 e. The van der Waals surface area contributed by atoms with Gasteiger partial charge in [-0.1, -0.05) is 0 Å². The van der Waals surface area contributed by atoms with Crippen molar-refractivity contribution in [2.75, 3.05) is 6.61 Å². The largest absolute Gasteiger partial charge is 0.466 e. The van der Waals surface area contributed by atoms with Gasteiger partial charge in [0, 0.05) is 12.1 Å². The van der Waals surface area contributed by atoms with Crippen LogP contribution < -0.4 is 0 Å². The van der Waals surface area contributed by atoms with Crippen LogP contribution >= 0.6 is 0 Å². The van der Waals surface area contributed by atoms with Crippen LogP contribution in [-0.4, -0.2) is 41.3 Å². The van der Waals surface area contributed by atoms with Gasteiger partial charge in [-0.05, 0) is 53.4 Å². The predicted molar refractivity (Wildman–Crippen MR) is 74.2 cm³/mol. The van der Waals surface area contributed by atoms with Gasteiger partial charge in [0.15, 0.2) is 0 Å². The van der Waals surface area contributed by atoms with Crippen LogP contribution in [0.15, 0.2) is 0 Å². The summed E-state index contributed by atoms with van der Waals surface area (Å²) in [6, 6.07) is 0.170. The van der Waals surface area contributed by atoms with Crippen molar-refractivity contribution in [2.45, 2.75) is 71.1 Å². The normalized spacial score (nSPS) is 29.2. The molecule has 3 atom stereocenters. The molecule has 2 heterocycles. The third-order valence-electron chi connectivity index (χ3n) is 4.02. The Labute approximate surface area is 120 Å². The summed E-state index contributed by atoms with van der Waals surface area (Å²) in [7, 11) is 0. The highest BCUT2D eigenvalue weighted by molar-refractivity contribution is 5.76. The first-order valence-corrected chi connectivity index (χ1v) is 7.51. The Bertz CT molecular complexity index is 388. The summed E-state index contributed by atoms with van der Waals surface area (Å²) in [5.74, 6) is -0.368. The highest BCUT2D eigenvalue weighted by Gasteiger charge is 2.49. The average molecular weight is 283 g/mol. The maximum Gasteiger partial charge on any atom is 0.410 e. The predicted octanol–water partition coefficient (Wildman–Crippen LogP) is 2.73. The number of nitrogens with zero attached hydrogens (tertiary/aromatic N) is 1. The second-order valence-corrected chi connectivity index (χ2v) is 6.62. The SMILES string of the molecule is CCOC(=O)C1CC[C@@H]2CCC1N2C(=O)OC(C)(C)C. The second kappa shape index (κ2) is 5.62. The van der Waals surface area contributed by atoms with Gasteiger partial charge < -0.3 is 14.4 Å². The van der Waals surface area contributed by atoms with E-state index < -0.39 is 5.60 Å². The highest BCUT2D eigenvalue weighted by Crippen LogP contribution is 2.40. The number of piperidine rings is 1. The Morgan fingerprint density at radius 2 is 1.80 bits per heavy atom. The van der Waals surface area contributed by atoms with Crippen LogP contribution in [0.3, 0.4) is 0 Å². The van der Waals surface area contributed by atoms with Gasteiger partial charge in [-0.15, -0.1) is 0 Å². The van der Waals surface area contributed by atoms with Crippen molar-refractivity contribution in [1.29, 1.82) is 0 Å². The smallest absolute Gasteiger partial charge is 0.410 e. The zero-order chi connectivity index (χ0) is 14.9. The standard InChI is InChI=1S/C15H25NO4/c1-5-19-13(17)11-8-6-10-7-9-12(11)16(10)14(18)20-15(2,3)4/h10-12H,5-9H2,1-4H3/t10-,11?,12?/m1/s1. The number of rotatable bonds is 2. The summed E-state index contributed by atoms with van der Waals surface area (Å²) >= 11 is 0. The lowest BCUT2D eigenvalue weighted by atomic mass is 9.90. The molecular formula is C15H25NO4. The van der Waals surface area contributed by atoms with E-state index in [-0.39, 0.29) is 30.1 Å². The molecule has 114 valence electrons. The van der Waals surface area contributed by atoms with Gasteiger partial charge in [0.2, 0.25) is 0 Å². The van der Waals surface area contributed by atoms with Crippen molar-refractivity contribution < 1.29 is 19.1 Å². The summed E-state index contributed by atoms with van der Waals surface area (Å²) < 4.78 is 10.6. The number of hydrogen-bond acceptors (Lipinski definition) is 4. The molecule has 0 N–H and O–H groups in total. The maximum atomic E-state index is 12.4. The van der Waals surface area contributed by atoms with Gasteiger partial charge in [0.05, 0.1) is 12.5 Å². The molecule has 2 aliphatic heterocycles. The quantitative estimate of drug-likeness (QED) is 0.731. The molecule has 0 aromatic heterocycles. The van der Waals surface area contributed by atoms with Crippen molar-refractivity contribution in [3.8, 4) is 0 Å². The third kappa shape index (κ3) is 3.07. The van der Waals surface area contributed by atoms with E-state index in [1.165, 1.54) is 0 Å². The van der Waals surface area contributed by atoms with E-state index in [0.717, 1.165) is 25.7 Å². The maximum absolute atomic E-state index is 12.4. The van der Waals surface area contributed by atoms with Gasteiger partial charge in [-0.25, -0.2) is 4.79 Å². The summed E-state index contributed by atoms with van der Waals surface area (Å²) in [5.41, 5.74) is -0.507. The molecule has 0 radical (unpaired) electrons. The summed E-state index contributed by atoms with van der Waals surface area (Å²) in [5, 5.41) is 0. The van der Waals surface area contributed by atoms with Gasteiger partial charge in [0.1, 0.15) is 5.60 Å². The number of hydrogen-bond donors (Lipinski definition) is 0. The molecule has 2 rings (SSSR count). The molecule has 20 heavy (non-hydrogen) atoms. The molecule has 1 amide bonds. The minimum absolute atomic E-state index is 0.0531. The van der Waals surface area contributed by atoms with E-state index in [9.17, 15) is 9.59 Å². The van der Waals surface area contributed by atoms with Crippen molar-refractivity contribution >= 4 is 12.1 Å². The van der Waals surface area contributed by atoms with Crippen LogP contribution in [0.1, 0.15) is 53.4 Å². The molecule has 0 aliphatic carbocycles. The summed E-state index contributed by atoms with van der Waals surface area (Å²) in [4.78, 5) is 26.2. The fourth-order valence-electron chi connectivity index (χ4n) is 3.28. The molecule has 2 bridgehead atoms. The molecule has 0 aromatic rings. The van der Waals surface area contributed by atoms with Crippen molar-refractivity contribution in [3.05, 3.63) is 0 Å². The number of carbonyl (C=O) groups excluding carboxylic acids is 2. The van der Waals surface area contributed by atoms with Gasteiger partial charge in [-0.2, -0.15) is 0 Å². The van der Waals surface area contributed by atoms with E-state index in [0.29, 0.717) is 6.61 Å². The lowest BCUT2D eigenvalue weighted by Gasteiger charge is -2.39. The average Bonchev–Trinajstić information content (AvgIpc) is 2.62. The molecule has 2 fully saturated rings. The van der Waals surface area contributed by atoms with E-state index in [1.54, 1.807) is 4.90 Å². The van der Waals surface area contributed by atoms with Gasteiger partial charge in [0.25, 0.3) is 0 Å². The van der Waals surface area contributed by atoms with Crippen LogP contribution in [-0.2, 0) is 14.3 Å². The summed E-state index contributed by atoms with van der Waals surface area (Å²) in [6.07, 6.45) is 3.21. The Kier molecular flexibility index (Phi) is 4.25. The molecule has 0 aromatic carbocycles. The molecule has 0 spiro atoms. The van der Waals surface area contributed by atoms with E-state index >= 15 is 0 Å². The molecule has 2 unspecified atom stereocenters. The van der Waals surface area contributed by atoms with Crippen LogP contribution in [0.4, 0.5) is 4.79 Å². The molecule has 0 saturated carbocycles. The minimum atomic E-state index is -0.507. The Hall–Kier alpha value is -1.26. The van der Waals surface area contributed by atoms with E-state index in [1.807, 2.05) is 27.7 Å². The van der Waals surface area contributed by atoms with Crippen LogP contribution in [0.25, 0.3) is 0 Å². The van der Waals surface area contributed by atoms with Crippen LogP contribution in [0, 0.1) is 5.92 Å². The van der Waals surface area contributed by atoms with Crippen molar-refractivity contribution in [3.63, 3.8) is 0 Å². The lowest BCUT2D eigenvalue weighted by molar-refractivity contribution is -0.151. The number of esters is 1. The van der Waals surface area contributed by atoms with Crippen molar-refractivity contribution in [2.24, 2.45) is 5.92 Å². The Morgan fingerprint density at radius 1 is 1.15 bits per heavy atom. The number of carbonyl (C=O) groups is 2. The number of amides is 1. The first-order valence-electron chi connectivity index (χ1n) is 7.51. The second-order valence-electron chi connectivity index (χ2n) is 6.62. The molecule has 2 saturated heterocycles. The number of ether oxygens (including phenoxy) is 2. The van der Waals surface area contributed by atoms with E-state index in [4.69, 9.17) is 9.47 Å². The fraction of sp³-hybridized carbons (Fsp3) is 0.867. The van der Waals surface area contributed by atoms with Gasteiger partial charge >= 0.3 is 12.1 Å². The molecule has 2 aliphatic rings. The van der Waals surface area contributed by atoms with Crippen LogP contribution in [0.5, 0.6) is 0 Å². The highest BCUT2D eigenvalue weighted by atomic mass is 16.6. The van der Waals surface area contributed by atoms with E-state index in [2.05, 4.69) is 0 Å². The Morgan fingerprint density at radius 3 is 2.40 bits per heavy atom. The molecular weight excluding hydrogens is 258 g/mol. The molecule has 5 nitrogen and oxygen atoms in total. The summed E-state index contributed by atoms with van der Waals surface area (Å²) in [6.45, 7) is 7.78. The topological polar surface area (TPSA) is 55.8 Å². The zero-order valence-electron chi connectivity index (χ0n) is 12.8. The first-order chi connectivity index (χ1) is 9.33. The molecule has 5 heteroatoms. The third-order valence-corrected chi connectivity index (χ3v) is 4.02. The number of fused-ring (bicyclic) bond motifs is 2. The Balaban J connectivity index is 2.10. The lowest BCUT2D eigenvalue weighted by Crippen LogP contribution is -2.51. The monoisotopic (exact) mass is 283 g/mol.